The second kappa shape index (κ2) is 9.19. The lowest BCUT2D eigenvalue weighted by atomic mass is 9.86. The maximum atomic E-state index is 12.2. The third-order valence-corrected chi connectivity index (χ3v) is 4.80. The quantitative estimate of drug-likeness (QED) is 0.659. The smallest absolute Gasteiger partial charge is 0.316 e. The molecule has 2 unspecified atom stereocenters. The summed E-state index contributed by atoms with van der Waals surface area (Å²) in [5, 5.41) is 3.49. The van der Waals surface area contributed by atoms with E-state index in [1.165, 1.54) is 25.7 Å². The van der Waals surface area contributed by atoms with Gasteiger partial charge in [0, 0.05) is 5.75 Å². The molecule has 1 N–H and O–H groups in total. The van der Waals surface area contributed by atoms with Gasteiger partial charge in [-0.3, -0.25) is 0 Å². The summed E-state index contributed by atoms with van der Waals surface area (Å²) in [6, 6.07) is 0. The van der Waals surface area contributed by atoms with Crippen molar-refractivity contribution in [1.29, 1.82) is 0 Å². The lowest BCUT2D eigenvalue weighted by Crippen LogP contribution is -2.30. The van der Waals surface area contributed by atoms with E-state index in [2.05, 4.69) is 19.2 Å². The third kappa shape index (κ3) is 8.40. The van der Waals surface area contributed by atoms with Gasteiger partial charge in [0.25, 0.3) is 0 Å². The topological polar surface area (TPSA) is 12.0 Å². The van der Waals surface area contributed by atoms with Crippen LogP contribution < -0.4 is 5.32 Å². The number of hydrogen-bond donors (Lipinski definition) is 1. The minimum atomic E-state index is -4.07. The second-order valence-electron chi connectivity index (χ2n) is 6.29. The summed E-state index contributed by atoms with van der Waals surface area (Å²) in [7, 11) is 0. The summed E-state index contributed by atoms with van der Waals surface area (Å²) in [6.45, 7) is 6.33. The summed E-state index contributed by atoms with van der Waals surface area (Å²) >= 11 is 0.144. The summed E-state index contributed by atoms with van der Waals surface area (Å²) < 4.78 is 36.7. The van der Waals surface area contributed by atoms with Crippen LogP contribution >= 0.6 is 11.8 Å². The Hall–Kier alpha value is 0.100. The summed E-state index contributed by atoms with van der Waals surface area (Å²) in [6.07, 6.45) is 6.64. The first-order valence-electron chi connectivity index (χ1n) is 7.80. The van der Waals surface area contributed by atoms with E-state index in [1.807, 2.05) is 0 Å². The predicted octanol–water partition coefficient (Wildman–Crippen LogP) is 5.07. The molecular formula is C15H28F3NS. The molecule has 120 valence electrons. The van der Waals surface area contributed by atoms with Crippen LogP contribution in [-0.4, -0.2) is 24.4 Å². The molecule has 0 aliphatic heterocycles. The number of halogens is 3. The van der Waals surface area contributed by atoms with Crippen molar-refractivity contribution in [2.24, 2.45) is 17.8 Å². The van der Waals surface area contributed by atoms with Gasteiger partial charge in [-0.05, 0) is 43.7 Å². The van der Waals surface area contributed by atoms with Gasteiger partial charge in [0.2, 0.25) is 0 Å². The molecule has 0 radical (unpaired) electrons. The Morgan fingerprint density at radius 3 is 2.35 bits per heavy atom. The Bertz CT molecular complexity index is 256. The molecule has 0 amide bonds. The Balaban J connectivity index is 2.36. The highest BCUT2D eigenvalue weighted by Crippen LogP contribution is 2.35. The first-order valence-corrected chi connectivity index (χ1v) is 8.78. The third-order valence-electron chi connectivity index (χ3n) is 4.03. The van der Waals surface area contributed by atoms with Crippen LogP contribution in [0.2, 0.25) is 0 Å². The van der Waals surface area contributed by atoms with E-state index in [9.17, 15) is 13.2 Å². The highest BCUT2D eigenvalue weighted by atomic mass is 32.2. The highest BCUT2D eigenvalue weighted by molar-refractivity contribution is 8.00. The molecule has 0 bridgehead atoms. The van der Waals surface area contributed by atoms with Crippen molar-refractivity contribution in [3.05, 3.63) is 0 Å². The van der Waals surface area contributed by atoms with Crippen LogP contribution in [-0.2, 0) is 0 Å². The van der Waals surface area contributed by atoms with Gasteiger partial charge in [0.1, 0.15) is 0 Å². The predicted molar refractivity (Wildman–Crippen MR) is 80.9 cm³/mol. The molecular weight excluding hydrogens is 283 g/mol. The van der Waals surface area contributed by atoms with Gasteiger partial charge in [-0.2, -0.15) is 13.2 Å². The van der Waals surface area contributed by atoms with Crippen molar-refractivity contribution in [2.75, 3.05) is 18.8 Å². The van der Waals surface area contributed by atoms with Crippen molar-refractivity contribution in [3.63, 3.8) is 0 Å². The van der Waals surface area contributed by atoms with E-state index in [1.54, 1.807) is 0 Å². The number of hydrogen-bond acceptors (Lipinski definition) is 2. The van der Waals surface area contributed by atoms with Crippen molar-refractivity contribution in [3.8, 4) is 0 Å². The van der Waals surface area contributed by atoms with Crippen molar-refractivity contribution < 1.29 is 13.2 Å². The Kier molecular flexibility index (Phi) is 8.34. The molecule has 1 fully saturated rings. The molecule has 5 heteroatoms. The summed E-state index contributed by atoms with van der Waals surface area (Å²) in [4.78, 5) is 0. The summed E-state index contributed by atoms with van der Waals surface area (Å²) in [5.74, 6) is 1.87. The van der Waals surface area contributed by atoms with Gasteiger partial charge >= 0.3 is 5.51 Å². The molecule has 1 aliphatic carbocycles. The van der Waals surface area contributed by atoms with Crippen molar-refractivity contribution in [2.45, 2.75) is 57.9 Å². The molecule has 1 rings (SSSR count). The van der Waals surface area contributed by atoms with Gasteiger partial charge < -0.3 is 5.32 Å². The molecule has 0 heterocycles. The maximum absolute atomic E-state index is 12.2. The molecule has 0 aromatic carbocycles. The van der Waals surface area contributed by atoms with Crippen LogP contribution in [0.3, 0.4) is 0 Å². The first kappa shape index (κ1) is 18.1. The number of thioether (sulfide) groups is 1. The normalized spacial score (nSPS) is 24.9. The lowest BCUT2D eigenvalue weighted by molar-refractivity contribution is -0.0328. The fraction of sp³-hybridized carbons (Fsp3) is 1.00. The minimum absolute atomic E-state index is 0.144. The molecule has 0 saturated heterocycles. The standard InChI is InChI=1S/C15H28F3NS/c1-12(2)10-19-11-14-7-5-3-4-6-13(14)8-9-20-15(16,17)18/h12-14,19H,3-11H2,1-2H3. The fourth-order valence-electron chi connectivity index (χ4n) is 2.99. The largest absolute Gasteiger partial charge is 0.441 e. The molecule has 0 aromatic heterocycles. The summed E-state index contributed by atoms with van der Waals surface area (Å²) in [5.41, 5.74) is -4.07. The lowest BCUT2D eigenvalue weighted by Gasteiger charge is -2.26. The van der Waals surface area contributed by atoms with Crippen LogP contribution in [0.15, 0.2) is 0 Å². The Morgan fingerprint density at radius 1 is 1.10 bits per heavy atom. The average Bonchev–Trinajstić information content (AvgIpc) is 2.53. The van der Waals surface area contributed by atoms with E-state index in [4.69, 9.17) is 0 Å². The molecule has 1 saturated carbocycles. The number of rotatable bonds is 7. The van der Waals surface area contributed by atoms with Crippen molar-refractivity contribution in [1.82, 2.24) is 5.32 Å². The van der Waals surface area contributed by atoms with Gasteiger partial charge in [-0.25, -0.2) is 0 Å². The van der Waals surface area contributed by atoms with Crippen LogP contribution in [0, 0.1) is 17.8 Å². The van der Waals surface area contributed by atoms with Crippen molar-refractivity contribution >= 4 is 11.8 Å². The second-order valence-corrected chi connectivity index (χ2v) is 7.45. The van der Waals surface area contributed by atoms with Gasteiger partial charge in [-0.1, -0.05) is 51.3 Å². The van der Waals surface area contributed by atoms with E-state index >= 15 is 0 Å². The molecule has 0 aromatic rings. The zero-order chi connectivity index (χ0) is 15.0. The monoisotopic (exact) mass is 311 g/mol. The molecule has 1 nitrogen and oxygen atoms in total. The van der Waals surface area contributed by atoms with Crippen LogP contribution in [0.1, 0.15) is 52.4 Å². The molecule has 0 spiro atoms. The molecule has 1 aliphatic rings. The minimum Gasteiger partial charge on any atom is -0.316 e. The van der Waals surface area contributed by atoms with Gasteiger partial charge in [0.05, 0.1) is 0 Å². The number of alkyl halides is 3. The average molecular weight is 311 g/mol. The Morgan fingerprint density at radius 2 is 1.75 bits per heavy atom. The number of nitrogens with one attached hydrogen (secondary N) is 1. The maximum Gasteiger partial charge on any atom is 0.441 e. The molecule has 20 heavy (non-hydrogen) atoms. The first-order chi connectivity index (χ1) is 9.38. The van der Waals surface area contributed by atoms with Gasteiger partial charge in [-0.15, -0.1) is 0 Å². The fourth-order valence-corrected chi connectivity index (χ4v) is 3.65. The van der Waals surface area contributed by atoms with Crippen LogP contribution in [0.25, 0.3) is 0 Å². The van der Waals surface area contributed by atoms with E-state index in [0.29, 0.717) is 24.2 Å². The zero-order valence-corrected chi connectivity index (χ0v) is 13.5. The SMILES string of the molecule is CC(C)CNCC1CCCCCC1CCSC(F)(F)F. The highest BCUT2D eigenvalue weighted by Gasteiger charge is 2.29. The molecule has 2 atom stereocenters. The van der Waals surface area contributed by atoms with E-state index in [0.717, 1.165) is 19.5 Å². The zero-order valence-electron chi connectivity index (χ0n) is 12.6. The van der Waals surface area contributed by atoms with E-state index in [-0.39, 0.29) is 17.5 Å². The van der Waals surface area contributed by atoms with Gasteiger partial charge in [0.15, 0.2) is 0 Å². The van der Waals surface area contributed by atoms with Crippen LogP contribution in [0.5, 0.6) is 0 Å². The Labute approximate surface area is 125 Å². The van der Waals surface area contributed by atoms with Crippen LogP contribution in [0.4, 0.5) is 13.2 Å². The van der Waals surface area contributed by atoms with E-state index < -0.39 is 5.51 Å².